The Morgan fingerprint density at radius 2 is 2.05 bits per heavy atom. The van der Waals surface area contributed by atoms with Gasteiger partial charge in [-0.3, -0.25) is 0 Å². The third kappa shape index (κ3) is 3.62. The number of hydrogen-bond donors (Lipinski definition) is 0. The first kappa shape index (κ1) is 13.7. The molecule has 20 heavy (non-hydrogen) atoms. The van der Waals surface area contributed by atoms with Crippen LogP contribution in [0.2, 0.25) is 0 Å². The van der Waals surface area contributed by atoms with E-state index in [0.29, 0.717) is 11.5 Å². The van der Waals surface area contributed by atoms with Gasteiger partial charge in [-0.2, -0.15) is 5.26 Å². The molecule has 0 saturated heterocycles. The van der Waals surface area contributed by atoms with Crippen LogP contribution >= 0.6 is 0 Å². The van der Waals surface area contributed by atoms with Gasteiger partial charge in [0.15, 0.2) is 6.10 Å². The predicted octanol–water partition coefficient (Wildman–Crippen LogP) is 2.93. The van der Waals surface area contributed by atoms with Gasteiger partial charge < -0.3 is 13.9 Å². The molecular formula is C15H13NO4. The van der Waals surface area contributed by atoms with Crippen LogP contribution in [0, 0.1) is 11.3 Å². The van der Waals surface area contributed by atoms with Crippen LogP contribution in [0.25, 0.3) is 0 Å². The van der Waals surface area contributed by atoms with Gasteiger partial charge in [0, 0.05) is 0 Å². The van der Waals surface area contributed by atoms with Crippen LogP contribution < -0.4 is 4.74 Å². The summed E-state index contributed by atoms with van der Waals surface area (Å²) in [5.74, 6) is 0.611. The highest BCUT2D eigenvalue weighted by Crippen LogP contribution is 2.14. The van der Waals surface area contributed by atoms with Crippen LogP contribution in [-0.2, 0) is 11.3 Å². The van der Waals surface area contributed by atoms with E-state index in [4.69, 9.17) is 19.2 Å². The van der Waals surface area contributed by atoms with E-state index in [-0.39, 0.29) is 12.4 Å². The molecule has 0 amide bonds. The Hall–Kier alpha value is -2.74. The quantitative estimate of drug-likeness (QED) is 0.782. The number of nitrogens with zero attached hydrogens (tertiary/aromatic N) is 1. The lowest BCUT2D eigenvalue weighted by Crippen LogP contribution is -2.12. The summed E-state index contributed by atoms with van der Waals surface area (Å²) in [5.41, 5.74) is 0. The average molecular weight is 271 g/mol. The second kappa shape index (κ2) is 6.43. The number of ether oxygens (including phenoxy) is 2. The van der Waals surface area contributed by atoms with Crippen molar-refractivity contribution >= 4 is 5.97 Å². The van der Waals surface area contributed by atoms with Crippen molar-refractivity contribution in [1.82, 2.24) is 0 Å². The SMILES string of the molecule is C[C@@H](C#N)OC(=O)c1ccc(COc2ccccc2)o1. The van der Waals surface area contributed by atoms with Gasteiger partial charge >= 0.3 is 5.97 Å². The molecule has 5 nitrogen and oxygen atoms in total. The largest absolute Gasteiger partial charge is 0.486 e. The molecular weight excluding hydrogens is 258 g/mol. The fourth-order valence-corrected chi connectivity index (χ4v) is 1.48. The van der Waals surface area contributed by atoms with E-state index < -0.39 is 12.1 Å². The van der Waals surface area contributed by atoms with Gasteiger partial charge in [-0.1, -0.05) is 18.2 Å². The molecule has 0 aliphatic carbocycles. The standard InChI is InChI=1S/C15H13NO4/c1-11(9-16)19-15(17)14-8-7-13(20-14)10-18-12-5-3-2-4-6-12/h2-8,11H,10H2,1H3/t11-/m0/s1. The molecule has 1 atom stereocenters. The monoisotopic (exact) mass is 271 g/mol. The van der Waals surface area contributed by atoms with Crippen LogP contribution in [0.1, 0.15) is 23.2 Å². The van der Waals surface area contributed by atoms with Gasteiger partial charge in [0.2, 0.25) is 5.76 Å². The topological polar surface area (TPSA) is 72.5 Å². The van der Waals surface area contributed by atoms with Gasteiger partial charge in [-0.25, -0.2) is 4.79 Å². The molecule has 0 radical (unpaired) electrons. The molecule has 0 aliphatic heterocycles. The molecule has 0 unspecified atom stereocenters. The number of carbonyl (C=O) groups excluding carboxylic acids is 1. The van der Waals surface area contributed by atoms with Crippen LogP contribution in [0.15, 0.2) is 46.9 Å². The minimum Gasteiger partial charge on any atom is -0.486 e. The van der Waals surface area contributed by atoms with Crippen LogP contribution in [0.4, 0.5) is 0 Å². The fraction of sp³-hybridized carbons (Fsp3) is 0.200. The molecule has 0 bridgehead atoms. The van der Waals surface area contributed by atoms with Crippen molar-refractivity contribution in [2.75, 3.05) is 0 Å². The molecule has 1 aromatic carbocycles. The predicted molar refractivity (Wildman–Crippen MR) is 70.0 cm³/mol. The molecule has 1 aromatic heterocycles. The van der Waals surface area contributed by atoms with Crippen LogP contribution in [0.5, 0.6) is 5.75 Å². The number of esters is 1. The molecule has 0 spiro atoms. The molecule has 0 saturated carbocycles. The third-order valence-corrected chi connectivity index (χ3v) is 2.45. The number of rotatable bonds is 5. The molecule has 2 rings (SSSR count). The van der Waals surface area contributed by atoms with Crippen LogP contribution in [0.3, 0.4) is 0 Å². The van der Waals surface area contributed by atoms with Crippen LogP contribution in [-0.4, -0.2) is 12.1 Å². The number of benzene rings is 1. The highest BCUT2D eigenvalue weighted by atomic mass is 16.6. The van der Waals surface area contributed by atoms with E-state index in [2.05, 4.69) is 0 Å². The summed E-state index contributed by atoms with van der Waals surface area (Å²) in [5, 5.41) is 8.57. The van der Waals surface area contributed by atoms with E-state index in [1.165, 1.54) is 13.0 Å². The zero-order chi connectivity index (χ0) is 14.4. The fourth-order valence-electron chi connectivity index (χ4n) is 1.48. The van der Waals surface area contributed by atoms with Gasteiger partial charge in [0.05, 0.1) is 0 Å². The second-order valence-electron chi connectivity index (χ2n) is 4.04. The Kier molecular flexibility index (Phi) is 4.40. The number of carbonyl (C=O) groups is 1. The van der Waals surface area contributed by atoms with Crippen molar-refractivity contribution in [3.05, 3.63) is 54.0 Å². The van der Waals surface area contributed by atoms with Crippen molar-refractivity contribution in [1.29, 1.82) is 5.26 Å². The first-order chi connectivity index (χ1) is 9.69. The van der Waals surface area contributed by atoms with E-state index in [1.54, 1.807) is 6.07 Å². The summed E-state index contributed by atoms with van der Waals surface area (Å²) < 4.78 is 15.6. The summed E-state index contributed by atoms with van der Waals surface area (Å²) >= 11 is 0. The molecule has 0 fully saturated rings. The normalized spacial score (nSPS) is 11.4. The van der Waals surface area contributed by atoms with Gasteiger partial charge in [-0.05, 0) is 31.2 Å². The van der Waals surface area contributed by atoms with Crippen molar-refractivity contribution in [3.63, 3.8) is 0 Å². The van der Waals surface area contributed by atoms with E-state index in [9.17, 15) is 4.79 Å². The average Bonchev–Trinajstić information content (AvgIpc) is 2.95. The lowest BCUT2D eigenvalue weighted by molar-refractivity contribution is 0.0395. The Bertz CT molecular complexity index is 612. The Labute approximate surface area is 116 Å². The van der Waals surface area contributed by atoms with E-state index >= 15 is 0 Å². The summed E-state index contributed by atoms with van der Waals surface area (Å²) in [4.78, 5) is 11.6. The van der Waals surface area contributed by atoms with Crippen molar-refractivity contribution in [2.24, 2.45) is 0 Å². The summed E-state index contributed by atoms with van der Waals surface area (Å²) in [6.45, 7) is 1.70. The zero-order valence-corrected chi connectivity index (χ0v) is 10.9. The number of para-hydroxylation sites is 1. The minimum absolute atomic E-state index is 0.0544. The third-order valence-electron chi connectivity index (χ3n) is 2.45. The van der Waals surface area contributed by atoms with E-state index in [1.807, 2.05) is 36.4 Å². The van der Waals surface area contributed by atoms with Crippen molar-refractivity contribution in [2.45, 2.75) is 19.6 Å². The molecule has 0 aliphatic rings. The minimum atomic E-state index is -0.809. The number of hydrogen-bond acceptors (Lipinski definition) is 5. The first-order valence-corrected chi connectivity index (χ1v) is 6.06. The number of furan rings is 1. The number of nitriles is 1. The summed E-state index contributed by atoms with van der Waals surface area (Å²) in [6.07, 6.45) is -0.809. The summed E-state index contributed by atoms with van der Waals surface area (Å²) in [7, 11) is 0. The highest BCUT2D eigenvalue weighted by molar-refractivity contribution is 5.86. The second-order valence-corrected chi connectivity index (χ2v) is 4.04. The Morgan fingerprint density at radius 3 is 2.75 bits per heavy atom. The lowest BCUT2D eigenvalue weighted by atomic mass is 10.3. The highest BCUT2D eigenvalue weighted by Gasteiger charge is 2.15. The lowest BCUT2D eigenvalue weighted by Gasteiger charge is -2.04. The van der Waals surface area contributed by atoms with E-state index in [0.717, 1.165) is 0 Å². The first-order valence-electron chi connectivity index (χ1n) is 6.06. The summed E-state index contributed by atoms with van der Waals surface area (Å²) in [6, 6.07) is 14.2. The molecule has 102 valence electrons. The molecule has 0 N–H and O–H groups in total. The van der Waals surface area contributed by atoms with Crippen molar-refractivity contribution < 1.29 is 18.7 Å². The molecule has 2 aromatic rings. The maximum absolute atomic E-state index is 11.6. The maximum atomic E-state index is 11.6. The van der Waals surface area contributed by atoms with Gasteiger partial charge in [0.25, 0.3) is 0 Å². The Morgan fingerprint density at radius 1 is 1.30 bits per heavy atom. The Balaban J connectivity index is 1.92. The molecule has 1 heterocycles. The van der Waals surface area contributed by atoms with Gasteiger partial charge in [0.1, 0.15) is 24.2 Å². The van der Waals surface area contributed by atoms with Gasteiger partial charge in [-0.15, -0.1) is 0 Å². The van der Waals surface area contributed by atoms with Crippen molar-refractivity contribution in [3.8, 4) is 11.8 Å². The zero-order valence-electron chi connectivity index (χ0n) is 10.9. The smallest absolute Gasteiger partial charge is 0.375 e. The maximum Gasteiger partial charge on any atom is 0.375 e. The molecule has 5 heteroatoms.